The van der Waals surface area contributed by atoms with Crippen LogP contribution in [0, 0.1) is 19.3 Å². The molecule has 2 aliphatic rings. The molecule has 0 unspecified atom stereocenters. The van der Waals surface area contributed by atoms with Gasteiger partial charge in [-0.2, -0.15) is 0 Å². The van der Waals surface area contributed by atoms with Gasteiger partial charge in [-0.15, -0.1) is 11.3 Å². The van der Waals surface area contributed by atoms with Crippen molar-refractivity contribution in [2.45, 2.75) is 83.9 Å². The molecule has 2 amide bonds. The van der Waals surface area contributed by atoms with Crippen molar-refractivity contribution < 1.29 is 28.8 Å². The zero-order chi connectivity index (χ0) is 30.2. The van der Waals surface area contributed by atoms with Crippen LogP contribution in [0.5, 0.6) is 0 Å². The number of benzene rings is 1. The summed E-state index contributed by atoms with van der Waals surface area (Å²) in [4.78, 5) is 47.2. The average molecular weight is 595 g/mol. The van der Waals surface area contributed by atoms with Gasteiger partial charge >= 0.3 is 5.97 Å². The molecule has 11 heteroatoms. The third kappa shape index (κ3) is 5.85. The number of nitrogens with one attached hydrogen (secondary N) is 1. The van der Waals surface area contributed by atoms with Gasteiger partial charge in [0.1, 0.15) is 12.0 Å². The second-order valence-corrected chi connectivity index (χ2v) is 12.9. The van der Waals surface area contributed by atoms with E-state index in [2.05, 4.69) is 15.5 Å². The molecule has 4 atom stereocenters. The van der Waals surface area contributed by atoms with Crippen LogP contribution in [0.4, 0.5) is 0 Å². The number of likely N-dealkylation sites (tertiary alicyclic amines) is 1. The minimum atomic E-state index is -0.904. The van der Waals surface area contributed by atoms with Crippen molar-refractivity contribution in [3.63, 3.8) is 0 Å². The number of aliphatic hydroxyl groups is 1. The lowest BCUT2D eigenvalue weighted by Crippen LogP contribution is -2.50. The average Bonchev–Trinajstić information content (AvgIpc) is 3.64. The lowest BCUT2D eigenvalue weighted by Gasteiger charge is -2.35. The zero-order valence-electron chi connectivity index (χ0n) is 24.7. The van der Waals surface area contributed by atoms with Crippen LogP contribution in [0.3, 0.4) is 0 Å². The number of ether oxygens (including phenoxy) is 1. The molecule has 1 saturated heterocycles. The van der Waals surface area contributed by atoms with Crippen molar-refractivity contribution in [2.24, 2.45) is 5.41 Å². The number of carbonyl (C=O) groups is 3. The summed E-state index contributed by atoms with van der Waals surface area (Å²) in [6.45, 7) is 7.94. The Morgan fingerprint density at radius 3 is 2.62 bits per heavy atom. The smallest absolute Gasteiger partial charge is 0.307 e. The SMILES string of the molecule is COC(=O)C[C@H](NC(=O)[C@@H]1C[C@@H](O)CN1C(=O)[C@@H]1c2onc(C)c2CCCC1(C)C)c1ccc(-c2scnc2C)cc1. The van der Waals surface area contributed by atoms with Crippen molar-refractivity contribution in [1.82, 2.24) is 20.4 Å². The van der Waals surface area contributed by atoms with Gasteiger partial charge in [0.05, 0.1) is 47.5 Å². The molecule has 3 aromatic rings. The van der Waals surface area contributed by atoms with E-state index in [9.17, 15) is 19.5 Å². The van der Waals surface area contributed by atoms with Gasteiger partial charge in [-0.05, 0) is 49.7 Å². The Balaban J connectivity index is 1.40. The Bertz CT molecular complexity index is 1460. The van der Waals surface area contributed by atoms with Gasteiger partial charge in [0, 0.05) is 18.5 Å². The lowest BCUT2D eigenvalue weighted by atomic mass is 9.74. The normalized spacial score (nSPS) is 22.2. The first kappa shape index (κ1) is 29.9. The van der Waals surface area contributed by atoms with E-state index >= 15 is 0 Å². The molecule has 10 nitrogen and oxygen atoms in total. The number of β-amino-alcohol motifs (C(OH)–C–C–N with tert-alkyl or cyclic N) is 1. The maximum absolute atomic E-state index is 14.2. The summed E-state index contributed by atoms with van der Waals surface area (Å²) in [5, 5.41) is 17.8. The standard InChI is InChI=1S/C31H38N4O6S/c1-17-22-7-6-12-31(3,4)26(27(22)41-34-17)30(39)35-15-21(36)13-24(35)29(38)33-23(14-25(37)40-5)19-8-10-20(11-9-19)28-18(2)32-16-42-28/h8-11,16,21,23-24,26,36H,6-7,12-15H2,1-5H3,(H,33,38)/t21-,23+,24+,26+/m1/s1. The Morgan fingerprint density at radius 2 is 1.95 bits per heavy atom. The number of rotatable bonds is 7. The number of esters is 1. The Labute approximate surface area is 249 Å². The summed E-state index contributed by atoms with van der Waals surface area (Å²) in [6, 6.07) is 6.03. The van der Waals surface area contributed by atoms with E-state index in [0.29, 0.717) is 5.76 Å². The number of aryl methyl sites for hydroxylation is 2. The first-order valence-electron chi connectivity index (χ1n) is 14.3. The molecule has 3 heterocycles. The Hall–Kier alpha value is -3.57. The predicted octanol–water partition coefficient (Wildman–Crippen LogP) is 4.24. The molecule has 0 saturated carbocycles. The number of hydrogen-bond donors (Lipinski definition) is 2. The monoisotopic (exact) mass is 594 g/mol. The number of aromatic nitrogens is 2. The minimum Gasteiger partial charge on any atom is -0.469 e. The van der Waals surface area contributed by atoms with Gasteiger partial charge in [0.2, 0.25) is 11.8 Å². The molecule has 5 rings (SSSR count). The number of carbonyl (C=O) groups excluding carboxylic acids is 3. The molecule has 1 aliphatic heterocycles. The first-order chi connectivity index (χ1) is 20.0. The van der Waals surface area contributed by atoms with E-state index in [0.717, 1.165) is 52.2 Å². The molecule has 0 radical (unpaired) electrons. The molecule has 42 heavy (non-hydrogen) atoms. The van der Waals surface area contributed by atoms with E-state index in [1.807, 2.05) is 52.0 Å². The largest absolute Gasteiger partial charge is 0.469 e. The molecular formula is C31H38N4O6S. The highest BCUT2D eigenvalue weighted by molar-refractivity contribution is 7.13. The highest BCUT2D eigenvalue weighted by Crippen LogP contribution is 2.46. The van der Waals surface area contributed by atoms with E-state index in [-0.39, 0.29) is 25.3 Å². The molecule has 1 fully saturated rings. The molecule has 0 spiro atoms. The van der Waals surface area contributed by atoms with Crippen LogP contribution in [-0.4, -0.2) is 63.7 Å². The maximum atomic E-state index is 14.2. The van der Waals surface area contributed by atoms with Crippen molar-refractivity contribution in [1.29, 1.82) is 0 Å². The number of hydrogen-bond acceptors (Lipinski definition) is 9. The van der Waals surface area contributed by atoms with Gasteiger partial charge in [-0.25, -0.2) is 4.98 Å². The van der Waals surface area contributed by atoms with E-state index in [1.165, 1.54) is 12.0 Å². The predicted molar refractivity (Wildman–Crippen MR) is 157 cm³/mol. The fraction of sp³-hybridized carbons (Fsp3) is 0.516. The lowest BCUT2D eigenvalue weighted by molar-refractivity contribution is -0.144. The Kier molecular flexibility index (Phi) is 8.52. The second kappa shape index (κ2) is 12.0. The number of fused-ring (bicyclic) bond motifs is 1. The van der Waals surface area contributed by atoms with Crippen LogP contribution in [0.1, 0.15) is 79.8 Å². The van der Waals surface area contributed by atoms with Crippen molar-refractivity contribution in [2.75, 3.05) is 13.7 Å². The van der Waals surface area contributed by atoms with Gasteiger partial charge in [-0.3, -0.25) is 14.4 Å². The number of methoxy groups -OCH3 is 1. The molecule has 2 aromatic heterocycles. The summed E-state index contributed by atoms with van der Waals surface area (Å²) in [7, 11) is 1.30. The first-order valence-corrected chi connectivity index (χ1v) is 15.2. The van der Waals surface area contributed by atoms with Crippen molar-refractivity contribution >= 4 is 29.1 Å². The quantitative estimate of drug-likeness (QED) is 0.306. The highest BCUT2D eigenvalue weighted by atomic mass is 32.1. The summed E-state index contributed by atoms with van der Waals surface area (Å²) >= 11 is 1.54. The van der Waals surface area contributed by atoms with Crippen LogP contribution in [-0.2, 0) is 25.5 Å². The summed E-state index contributed by atoms with van der Waals surface area (Å²) in [5.41, 5.74) is 5.74. The van der Waals surface area contributed by atoms with Gasteiger partial charge in [-0.1, -0.05) is 43.3 Å². The van der Waals surface area contributed by atoms with E-state index in [1.54, 1.807) is 16.8 Å². The van der Waals surface area contributed by atoms with Crippen LogP contribution in [0.15, 0.2) is 34.3 Å². The van der Waals surface area contributed by atoms with Crippen LogP contribution in [0.25, 0.3) is 10.4 Å². The molecular weight excluding hydrogens is 556 g/mol. The summed E-state index contributed by atoms with van der Waals surface area (Å²) < 4.78 is 10.6. The third-order valence-corrected chi connectivity index (χ3v) is 9.63. The fourth-order valence-corrected chi connectivity index (χ4v) is 7.10. The number of aliphatic hydroxyl groups excluding tert-OH is 1. The molecule has 1 aliphatic carbocycles. The van der Waals surface area contributed by atoms with E-state index in [4.69, 9.17) is 9.26 Å². The minimum absolute atomic E-state index is 0.0382. The van der Waals surface area contributed by atoms with Gasteiger partial charge in [0.15, 0.2) is 5.76 Å². The molecule has 224 valence electrons. The zero-order valence-corrected chi connectivity index (χ0v) is 25.5. The molecule has 0 bridgehead atoms. The second-order valence-electron chi connectivity index (χ2n) is 12.0. The molecule has 2 N–H and O–H groups in total. The fourth-order valence-electron chi connectivity index (χ4n) is 6.29. The third-order valence-electron chi connectivity index (χ3n) is 8.65. The number of nitrogens with zero attached hydrogens (tertiary/aromatic N) is 3. The maximum Gasteiger partial charge on any atom is 0.307 e. The van der Waals surface area contributed by atoms with Crippen molar-refractivity contribution in [3.05, 3.63) is 58.1 Å². The Morgan fingerprint density at radius 1 is 1.21 bits per heavy atom. The van der Waals surface area contributed by atoms with Gasteiger partial charge < -0.3 is 24.6 Å². The number of thiazole rings is 1. The van der Waals surface area contributed by atoms with Crippen LogP contribution >= 0.6 is 11.3 Å². The summed E-state index contributed by atoms with van der Waals surface area (Å²) in [5.74, 6) is -1.25. The number of amides is 2. The highest BCUT2D eigenvalue weighted by Gasteiger charge is 2.49. The van der Waals surface area contributed by atoms with Crippen LogP contribution < -0.4 is 5.32 Å². The topological polar surface area (TPSA) is 135 Å². The van der Waals surface area contributed by atoms with Crippen molar-refractivity contribution in [3.8, 4) is 10.4 Å². The summed E-state index contributed by atoms with van der Waals surface area (Å²) in [6.07, 6.45) is 1.65. The van der Waals surface area contributed by atoms with Crippen LogP contribution in [0.2, 0.25) is 0 Å². The molecule has 1 aromatic carbocycles. The van der Waals surface area contributed by atoms with Gasteiger partial charge in [0.25, 0.3) is 0 Å². The van der Waals surface area contributed by atoms with E-state index < -0.39 is 41.4 Å².